The summed E-state index contributed by atoms with van der Waals surface area (Å²) < 4.78 is 64.0. The minimum Gasteiger partial charge on any atom is -0.744 e. The van der Waals surface area contributed by atoms with E-state index < -0.39 is 25.0 Å². The van der Waals surface area contributed by atoms with Gasteiger partial charge in [-0.15, -0.1) is 10.8 Å². The smallest absolute Gasteiger partial charge is 0.744 e. The van der Waals surface area contributed by atoms with E-state index in [9.17, 15) is 21.4 Å². The molecule has 20 heteroatoms. The first-order valence-electron chi connectivity index (χ1n) is 14.5. The summed E-state index contributed by atoms with van der Waals surface area (Å²) >= 11 is 0. The van der Waals surface area contributed by atoms with Crippen molar-refractivity contribution in [2.75, 3.05) is 7.05 Å². The van der Waals surface area contributed by atoms with E-state index in [4.69, 9.17) is 29.9 Å². The van der Waals surface area contributed by atoms with E-state index >= 15 is 0 Å². The average Bonchev–Trinajstić information content (AvgIpc) is 3.83. The molecule has 0 atom stereocenters. The Balaban J connectivity index is 0.00000135. The number of rotatable bonds is 3. The van der Waals surface area contributed by atoms with Crippen LogP contribution >= 0.6 is 0 Å². The van der Waals surface area contributed by atoms with Crippen LogP contribution in [0.25, 0.3) is 89.7 Å². The maximum absolute atomic E-state index is 12.8. The Morgan fingerprint density at radius 1 is 0.566 bits per heavy atom. The minimum absolute atomic E-state index is 0. The van der Waals surface area contributed by atoms with E-state index in [0.29, 0.717) is 55.5 Å². The molecule has 4 aromatic carbocycles. The first-order chi connectivity index (χ1) is 23.6. The Hall–Kier alpha value is -2.42. The molecule has 0 saturated heterocycles. The van der Waals surface area contributed by atoms with E-state index in [1.54, 1.807) is 36.4 Å². The Bertz CT molecular complexity index is 3020. The molecule has 0 amide bonds. The summed E-state index contributed by atoms with van der Waals surface area (Å²) in [6.45, 7) is 0. The standard InChI is InChI=1S/C33H17N9O5S2.Cu.3Na/c1-34-48(43,44)16-10-12-22-24(14-16)32-40-30(22)38-28-20-8-4-2-6-18(20)26(36-28)35-27-19-7-3-5-9-21(19)29(37-27)39-31-23-13-11-17(49(45,46)47)15-25(23)33(41-31)42-32;;;;/h3-4,6-15,34H,1H3,(H-2,35,36,37,38,39,40,41,42,45,46,47);;;;/q-4;+2;3*+1/p-1. The summed E-state index contributed by atoms with van der Waals surface area (Å²) in [6, 6.07) is 24.8. The molecule has 0 fully saturated rings. The Labute approximate surface area is 378 Å². The predicted octanol–water partition coefficient (Wildman–Crippen LogP) is -5.45. The molecule has 0 saturated carbocycles. The maximum atomic E-state index is 12.8. The number of benzene rings is 4. The Morgan fingerprint density at radius 3 is 1.72 bits per heavy atom. The molecular weight excluding hydrogens is 799 g/mol. The number of hydrogen-bond acceptors (Lipinski definition) is 11. The van der Waals surface area contributed by atoms with Crippen LogP contribution in [-0.4, -0.2) is 58.3 Å². The van der Waals surface area contributed by atoms with Crippen LogP contribution in [0.1, 0.15) is 0 Å². The van der Waals surface area contributed by atoms with E-state index in [1.807, 2.05) is 6.07 Å². The van der Waals surface area contributed by atoms with Crippen LogP contribution in [0, 0.1) is 12.1 Å². The normalized spacial score (nSPS) is 11.7. The number of fused-ring (bicyclic) bond motifs is 20. The van der Waals surface area contributed by atoms with Crippen molar-refractivity contribution in [2.45, 2.75) is 9.79 Å². The third kappa shape index (κ3) is 7.23. The van der Waals surface area contributed by atoms with Gasteiger partial charge in [0.15, 0.2) is 0 Å². The van der Waals surface area contributed by atoms with Gasteiger partial charge in [0, 0.05) is 28.2 Å². The van der Waals surface area contributed by atoms with Crippen LogP contribution in [0.2, 0.25) is 0 Å². The van der Waals surface area contributed by atoms with E-state index in [2.05, 4.69) is 26.8 Å². The van der Waals surface area contributed by atoms with Gasteiger partial charge in [0.25, 0.3) is 0 Å². The van der Waals surface area contributed by atoms with E-state index in [0.717, 1.165) is 0 Å². The van der Waals surface area contributed by atoms with Crippen molar-refractivity contribution in [1.82, 2.24) is 44.6 Å². The maximum Gasteiger partial charge on any atom is 2.00 e. The molecule has 1 radical (unpaired) electrons. The summed E-state index contributed by atoms with van der Waals surface area (Å²) in [6.07, 6.45) is 0. The first kappa shape index (κ1) is 41.7. The average molecular weight is 815 g/mol. The second-order valence-electron chi connectivity index (χ2n) is 11.0. The number of aromatic nitrogens is 8. The van der Waals surface area contributed by atoms with Gasteiger partial charge in [-0.05, 0) is 53.4 Å². The summed E-state index contributed by atoms with van der Waals surface area (Å²) in [5.74, 6) is 0.760. The zero-order valence-electron chi connectivity index (χ0n) is 28.2. The van der Waals surface area contributed by atoms with Crippen LogP contribution in [-0.2, 0) is 37.2 Å². The molecule has 2 aliphatic heterocycles. The number of sulfonamides is 1. The van der Waals surface area contributed by atoms with Crippen molar-refractivity contribution in [2.24, 2.45) is 0 Å². The molecule has 0 unspecified atom stereocenters. The first-order valence-corrected chi connectivity index (χ1v) is 17.4. The molecule has 14 nitrogen and oxygen atoms in total. The molecule has 0 spiro atoms. The summed E-state index contributed by atoms with van der Waals surface area (Å²) in [7, 11) is -7.42. The van der Waals surface area contributed by atoms with Gasteiger partial charge in [0.2, 0.25) is 10.0 Å². The third-order valence-electron chi connectivity index (χ3n) is 8.20. The number of nitrogens with zero attached hydrogens (tertiary/aromatic N) is 8. The van der Waals surface area contributed by atoms with E-state index in [1.165, 1.54) is 37.4 Å². The Kier molecular flexibility index (Phi) is 12.3. The van der Waals surface area contributed by atoms with Crippen molar-refractivity contribution in [1.29, 1.82) is 0 Å². The number of hydrogen-bond donors (Lipinski definition) is 1. The fourth-order valence-electron chi connectivity index (χ4n) is 5.83. The van der Waals surface area contributed by atoms with Crippen molar-refractivity contribution in [3.8, 4) is 45.6 Å². The fraction of sp³-hybridized carbons (Fsp3) is 0.0303. The van der Waals surface area contributed by atoms with Crippen LogP contribution in [0.5, 0.6) is 0 Å². The second-order valence-corrected chi connectivity index (χ2v) is 14.3. The molecular formula is C33H16CuN9Na3O5S2. The summed E-state index contributed by atoms with van der Waals surface area (Å²) in [5, 5.41) is 2.08. The fourth-order valence-corrected chi connectivity index (χ4v) is 7.09. The van der Waals surface area contributed by atoms with Crippen molar-refractivity contribution in [3.63, 3.8) is 0 Å². The van der Waals surface area contributed by atoms with Crippen LogP contribution in [0.4, 0.5) is 0 Å². The molecule has 3 aromatic heterocycles. The molecule has 249 valence electrons. The van der Waals surface area contributed by atoms with Gasteiger partial charge in [-0.3, -0.25) is 4.98 Å². The second kappa shape index (κ2) is 15.6. The monoisotopic (exact) mass is 814 g/mol. The Morgan fingerprint density at radius 2 is 1.08 bits per heavy atom. The molecule has 8 bridgehead atoms. The van der Waals surface area contributed by atoms with Crippen LogP contribution in [0.15, 0.2) is 82.6 Å². The van der Waals surface area contributed by atoms with Gasteiger partial charge in [-0.1, -0.05) is 23.3 Å². The predicted molar refractivity (Wildman–Crippen MR) is 176 cm³/mol. The van der Waals surface area contributed by atoms with Gasteiger partial charge >= 0.3 is 106 Å². The van der Waals surface area contributed by atoms with Crippen molar-refractivity contribution >= 4 is 64.3 Å². The SMILES string of the molecule is CNS(=O)(=O)c1ccc2c3nc4nc(nc5[n-]c(nc6nc(nc([n-]3)c2c1)-c1cc(S(=O)(=O)[O-])ccc1-6)c1c[c-]ccc51)-c1c[c-]ccc1-4.[Cu+2].[Na+].[Na+].[Na+]. The third-order valence-corrected chi connectivity index (χ3v) is 10.4. The quantitative estimate of drug-likeness (QED) is 0.101. The molecule has 53 heavy (non-hydrogen) atoms. The van der Waals surface area contributed by atoms with Gasteiger partial charge in [0.1, 0.15) is 10.1 Å². The van der Waals surface area contributed by atoms with Gasteiger partial charge < -0.3 is 34.5 Å². The van der Waals surface area contributed by atoms with Crippen LogP contribution < -0.4 is 103 Å². The molecule has 0 aliphatic carbocycles. The molecule has 9 rings (SSSR count). The summed E-state index contributed by atoms with van der Waals surface area (Å²) in [5.41, 5.74) is 2.74. The van der Waals surface area contributed by atoms with Gasteiger partial charge in [0.05, 0.1) is 27.3 Å². The van der Waals surface area contributed by atoms with Gasteiger partial charge in [-0.25, -0.2) is 26.5 Å². The molecule has 2 aliphatic rings. The van der Waals surface area contributed by atoms with Gasteiger partial charge in [-0.2, -0.15) is 48.5 Å². The molecule has 1 N–H and O–H groups in total. The largest absolute Gasteiger partial charge is 2.00 e. The van der Waals surface area contributed by atoms with E-state index in [-0.39, 0.29) is 145 Å². The molecule has 5 heterocycles. The summed E-state index contributed by atoms with van der Waals surface area (Å²) in [4.78, 5) is 37.3. The zero-order valence-corrected chi connectivity index (χ0v) is 36.7. The topological polar surface area (TPSA) is 209 Å². The molecule has 7 aromatic rings. The zero-order chi connectivity index (χ0) is 33.7. The van der Waals surface area contributed by atoms with Crippen molar-refractivity contribution < 1.29 is 127 Å². The van der Waals surface area contributed by atoms with Crippen LogP contribution in [0.3, 0.4) is 0 Å². The minimum atomic E-state index is -4.85. The van der Waals surface area contributed by atoms with Crippen molar-refractivity contribution in [3.05, 3.63) is 84.9 Å². The number of nitrogens with one attached hydrogen (secondary N) is 1.